The Hall–Kier alpha value is -2.36. The summed E-state index contributed by atoms with van der Waals surface area (Å²) < 4.78 is 19.8. The molecule has 1 heterocycles. The number of aryl methyl sites for hydroxylation is 1. The smallest absolute Gasteiger partial charge is 0.225 e. The minimum atomic E-state index is -0.364. The highest BCUT2D eigenvalue weighted by atomic mass is 19.1. The number of rotatable bonds is 3. The molecule has 3 nitrogen and oxygen atoms in total. The Kier molecular flexibility index (Phi) is 4.31. The summed E-state index contributed by atoms with van der Waals surface area (Å²) in [5.74, 6) is 0.271. The van der Waals surface area contributed by atoms with Crippen LogP contribution < -0.4 is 10.1 Å². The molecule has 1 amide bonds. The van der Waals surface area contributed by atoms with Gasteiger partial charge in [0, 0.05) is 12.0 Å². The number of fused-ring (bicyclic) bond motifs is 1. The fourth-order valence-electron chi connectivity index (χ4n) is 3.15. The highest BCUT2D eigenvalue weighted by Gasteiger charge is 2.34. The van der Waals surface area contributed by atoms with Crippen LogP contribution in [-0.2, 0) is 11.2 Å². The molecule has 0 aromatic heterocycles. The molecule has 0 bridgehead atoms. The number of ether oxygens (including phenoxy) is 1. The van der Waals surface area contributed by atoms with Gasteiger partial charge in [-0.25, -0.2) is 4.39 Å². The van der Waals surface area contributed by atoms with Crippen LogP contribution in [0.3, 0.4) is 0 Å². The van der Waals surface area contributed by atoms with Crippen molar-refractivity contribution in [3.63, 3.8) is 0 Å². The lowest BCUT2D eigenvalue weighted by Gasteiger charge is -2.38. The summed E-state index contributed by atoms with van der Waals surface area (Å²) in [6.07, 6.45) is 0.706. The standard InChI is InChI=1S/C20H22FNO2/c1-13-8-9-15-17(12-20(2,3)24-18(15)10-13)22-19(23)11-14-6-4-5-7-16(14)21/h4-10,17H,11-12H2,1-3H3,(H,22,23). The zero-order chi connectivity index (χ0) is 17.3. The number of nitrogens with one attached hydrogen (secondary N) is 1. The van der Waals surface area contributed by atoms with E-state index in [0.29, 0.717) is 12.0 Å². The van der Waals surface area contributed by atoms with Crippen molar-refractivity contribution < 1.29 is 13.9 Å². The van der Waals surface area contributed by atoms with Crippen molar-refractivity contribution in [3.05, 3.63) is 65.0 Å². The van der Waals surface area contributed by atoms with Crippen LogP contribution in [0, 0.1) is 12.7 Å². The second-order valence-corrected chi connectivity index (χ2v) is 7.00. The highest BCUT2D eigenvalue weighted by molar-refractivity contribution is 5.79. The first-order chi connectivity index (χ1) is 11.3. The molecule has 4 heteroatoms. The molecule has 1 aliphatic heterocycles. The first-order valence-electron chi connectivity index (χ1n) is 8.16. The van der Waals surface area contributed by atoms with Gasteiger partial charge in [-0.1, -0.05) is 30.3 Å². The maximum atomic E-state index is 13.7. The second kappa shape index (κ2) is 6.27. The Bertz CT molecular complexity index is 770. The van der Waals surface area contributed by atoms with Gasteiger partial charge in [0.1, 0.15) is 17.2 Å². The molecule has 0 saturated carbocycles. The second-order valence-electron chi connectivity index (χ2n) is 7.00. The lowest BCUT2D eigenvalue weighted by Crippen LogP contribution is -2.41. The van der Waals surface area contributed by atoms with Crippen molar-refractivity contribution in [1.29, 1.82) is 0 Å². The van der Waals surface area contributed by atoms with Crippen LogP contribution in [-0.4, -0.2) is 11.5 Å². The normalized spacial score (nSPS) is 18.4. The Balaban J connectivity index is 1.79. The molecular weight excluding hydrogens is 305 g/mol. The van der Waals surface area contributed by atoms with Gasteiger partial charge >= 0.3 is 0 Å². The Labute approximate surface area is 141 Å². The molecule has 1 unspecified atom stereocenters. The predicted octanol–water partition coefficient (Wildman–Crippen LogP) is 4.10. The number of carbonyl (C=O) groups excluding carboxylic acids is 1. The van der Waals surface area contributed by atoms with Crippen LogP contribution in [0.25, 0.3) is 0 Å². The third kappa shape index (κ3) is 3.58. The summed E-state index contributed by atoms with van der Waals surface area (Å²) in [6, 6.07) is 12.2. The van der Waals surface area contributed by atoms with E-state index < -0.39 is 0 Å². The van der Waals surface area contributed by atoms with E-state index in [0.717, 1.165) is 16.9 Å². The molecule has 0 spiro atoms. The first kappa shape index (κ1) is 16.5. The minimum Gasteiger partial charge on any atom is -0.487 e. The van der Waals surface area contributed by atoms with E-state index in [9.17, 15) is 9.18 Å². The molecule has 24 heavy (non-hydrogen) atoms. The van der Waals surface area contributed by atoms with Crippen LogP contribution in [0.2, 0.25) is 0 Å². The zero-order valence-electron chi connectivity index (χ0n) is 14.2. The number of halogens is 1. The number of benzene rings is 2. The molecule has 126 valence electrons. The van der Waals surface area contributed by atoms with Crippen molar-refractivity contribution in [1.82, 2.24) is 5.32 Å². The number of carbonyl (C=O) groups is 1. The van der Waals surface area contributed by atoms with Crippen molar-refractivity contribution in [2.24, 2.45) is 0 Å². The number of hydrogen-bond acceptors (Lipinski definition) is 2. The van der Waals surface area contributed by atoms with Crippen molar-refractivity contribution >= 4 is 5.91 Å². The van der Waals surface area contributed by atoms with Gasteiger partial charge in [0.25, 0.3) is 0 Å². The molecule has 0 radical (unpaired) electrons. The van der Waals surface area contributed by atoms with E-state index in [2.05, 4.69) is 5.32 Å². The monoisotopic (exact) mass is 327 g/mol. The van der Waals surface area contributed by atoms with E-state index in [4.69, 9.17) is 4.74 Å². The Morgan fingerprint density at radius 3 is 2.79 bits per heavy atom. The third-order valence-electron chi connectivity index (χ3n) is 4.27. The van der Waals surface area contributed by atoms with Crippen molar-refractivity contribution in [2.45, 2.75) is 45.3 Å². The van der Waals surface area contributed by atoms with Crippen LogP contribution in [0.5, 0.6) is 5.75 Å². The molecule has 1 N–H and O–H groups in total. The summed E-state index contributed by atoms with van der Waals surface area (Å²) in [7, 11) is 0. The van der Waals surface area contributed by atoms with Crippen molar-refractivity contribution in [2.75, 3.05) is 0 Å². The third-order valence-corrected chi connectivity index (χ3v) is 4.27. The molecule has 2 aromatic rings. The Morgan fingerprint density at radius 1 is 1.29 bits per heavy atom. The first-order valence-corrected chi connectivity index (χ1v) is 8.16. The molecule has 0 fully saturated rings. The van der Waals surface area contributed by atoms with Gasteiger partial charge in [-0.15, -0.1) is 0 Å². The highest BCUT2D eigenvalue weighted by Crippen LogP contribution is 2.39. The fraction of sp³-hybridized carbons (Fsp3) is 0.350. The van der Waals surface area contributed by atoms with Crippen LogP contribution in [0.4, 0.5) is 4.39 Å². The largest absolute Gasteiger partial charge is 0.487 e. The predicted molar refractivity (Wildman–Crippen MR) is 91.5 cm³/mol. The van der Waals surface area contributed by atoms with E-state index in [1.807, 2.05) is 39.0 Å². The average molecular weight is 327 g/mol. The van der Waals surface area contributed by atoms with Gasteiger partial charge < -0.3 is 10.1 Å². The summed E-state index contributed by atoms with van der Waals surface area (Å²) >= 11 is 0. The molecule has 0 saturated heterocycles. The number of hydrogen-bond donors (Lipinski definition) is 1. The average Bonchev–Trinajstić information content (AvgIpc) is 2.48. The molecular formula is C20H22FNO2. The van der Waals surface area contributed by atoms with Gasteiger partial charge in [0.15, 0.2) is 0 Å². The molecule has 1 aliphatic rings. The van der Waals surface area contributed by atoms with Gasteiger partial charge in [-0.05, 0) is 44.0 Å². The van der Waals surface area contributed by atoms with Crippen LogP contribution >= 0.6 is 0 Å². The van der Waals surface area contributed by atoms with Gasteiger partial charge in [0.05, 0.1) is 12.5 Å². The Morgan fingerprint density at radius 2 is 2.04 bits per heavy atom. The fourth-order valence-corrected chi connectivity index (χ4v) is 3.15. The summed E-state index contributed by atoms with van der Waals surface area (Å²) in [4.78, 5) is 12.4. The van der Waals surface area contributed by atoms with E-state index in [-0.39, 0.29) is 29.8 Å². The van der Waals surface area contributed by atoms with Crippen molar-refractivity contribution in [3.8, 4) is 5.75 Å². The van der Waals surface area contributed by atoms with Crippen LogP contribution in [0.15, 0.2) is 42.5 Å². The lowest BCUT2D eigenvalue weighted by atomic mass is 9.89. The summed E-state index contributed by atoms with van der Waals surface area (Å²) in [5.41, 5.74) is 2.13. The zero-order valence-corrected chi connectivity index (χ0v) is 14.2. The number of amides is 1. The molecule has 1 atom stereocenters. The minimum absolute atomic E-state index is 0.0334. The quantitative estimate of drug-likeness (QED) is 0.922. The summed E-state index contributed by atoms with van der Waals surface area (Å²) in [5, 5.41) is 3.04. The summed E-state index contributed by atoms with van der Waals surface area (Å²) in [6.45, 7) is 6.03. The van der Waals surface area contributed by atoms with Gasteiger partial charge in [0.2, 0.25) is 5.91 Å². The maximum Gasteiger partial charge on any atom is 0.225 e. The SMILES string of the molecule is Cc1ccc2c(c1)OC(C)(C)CC2NC(=O)Cc1ccccc1F. The van der Waals surface area contributed by atoms with Crippen LogP contribution in [0.1, 0.15) is 43.0 Å². The van der Waals surface area contributed by atoms with E-state index in [1.54, 1.807) is 18.2 Å². The maximum absolute atomic E-state index is 13.7. The van der Waals surface area contributed by atoms with Gasteiger partial charge in [-0.3, -0.25) is 4.79 Å². The van der Waals surface area contributed by atoms with E-state index >= 15 is 0 Å². The molecule has 2 aromatic carbocycles. The molecule has 3 rings (SSSR count). The van der Waals surface area contributed by atoms with E-state index in [1.165, 1.54) is 6.07 Å². The van der Waals surface area contributed by atoms with Gasteiger partial charge in [-0.2, -0.15) is 0 Å². The lowest BCUT2D eigenvalue weighted by molar-refractivity contribution is -0.121. The molecule has 0 aliphatic carbocycles. The topological polar surface area (TPSA) is 38.3 Å².